The Balaban J connectivity index is 1.68. The molecule has 1 N–H and O–H groups in total. The Morgan fingerprint density at radius 2 is 1.71 bits per heavy atom. The molecular formula is C26H24Cl2N2O4. The molecule has 0 bridgehead atoms. The number of nitrogens with zero attached hydrogens (tertiary/aromatic N) is 1. The van der Waals surface area contributed by atoms with Gasteiger partial charge in [-0.1, -0.05) is 71.8 Å². The molecule has 0 radical (unpaired) electrons. The minimum Gasteiger partial charge on any atom is -0.467 e. The largest absolute Gasteiger partial charge is 0.467 e. The van der Waals surface area contributed by atoms with E-state index in [2.05, 4.69) is 10.3 Å². The van der Waals surface area contributed by atoms with Gasteiger partial charge in [-0.3, -0.25) is 9.78 Å². The van der Waals surface area contributed by atoms with Crippen LogP contribution in [0.3, 0.4) is 0 Å². The minimum absolute atomic E-state index is 0.111. The van der Waals surface area contributed by atoms with Gasteiger partial charge in [0.15, 0.2) is 0 Å². The van der Waals surface area contributed by atoms with Crippen LogP contribution in [0.15, 0.2) is 72.9 Å². The zero-order valence-corrected chi connectivity index (χ0v) is 20.2. The van der Waals surface area contributed by atoms with Crippen molar-refractivity contribution in [3.8, 4) is 0 Å². The number of halogens is 2. The number of hydrogen-bond acceptors (Lipinski definition) is 5. The molecule has 6 nitrogen and oxygen atoms in total. The highest BCUT2D eigenvalue weighted by Crippen LogP contribution is 2.25. The molecule has 3 rings (SSSR count). The maximum atomic E-state index is 12.7. The fraction of sp³-hybridized carbons (Fsp3) is 0.192. The van der Waals surface area contributed by atoms with Crippen LogP contribution in [0.5, 0.6) is 0 Å². The molecule has 3 aromatic rings. The third-order valence-electron chi connectivity index (χ3n) is 5.09. The van der Waals surface area contributed by atoms with Crippen molar-refractivity contribution in [2.24, 2.45) is 0 Å². The quantitative estimate of drug-likeness (QED) is 0.394. The monoisotopic (exact) mass is 498 g/mol. The van der Waals surface area contributed by atoms with Crippen LogP contribution in [0.1, 0.15) is 39.7 Å². The van der Waals surface area contributed by atoms with Crippen molar-refractivity contribution in [3.05, 3.63) is 105 Å². The Kier molecular flexibility index (Phi) is 9.22. The van der Waals surface area contributed by atoms with Crippen molar-refractivity contribution in [3.63, 3.8) is 0 Å². The van der Waals surface area contributed by atoms with Gasteiger partial charge in [0, 0.05) is 13.3 Å². The number of nitrogens with one attached hydrogen (secondary N) is 1. The number of benzene rings is 2. The molecule has 0 aliphatic rings. The minimum atomic E-state index is -0.901. The lowest BCUT2D eigenvalue weighted by molar-refractivity contribution is -0.142. The molecule has 0 spiro atoms. The molecule has 0 fully saturated rings. The number of pyridine rings is 1. The first-order valence-corrected chi connectivity index (χ1v) is 11.2. The number of rotatable bonds is 9. The van der Waals surface area contributed by atoms with E-state index in [1.807, 2.05) is 48.5 Å². The van der Waals surface area contributed by atoms with E-state index in [1.165, 1.54) is 7.11 Å². The van der Waals surface area contributed by atoms with Crippen molar-refractivity contribution in [2.45, 2.75) is 18.6 Å². The summed E-state index contributed by atoms with van der Waals surface area (Å²) < 4.78 is 10.4. The Morgan fingerprint density at radius 1 is 1.00 bits per heavy atom. The summed E-state index contributed by atoms with van der Waals surface area (Å²) in [5.41, 5.74) is 2.82. The van der Waals surface area contributed by atoms with Crippen molar-refractivity contribution >= 4 is 41.2 Å². The van der Waals surface area contributed by atoms with E-state index in [9.17, 15) is 9.59 Å². The molecule has 34 heavy (non-hydrogen) atoms. The second kappa shape index (κ2) is 12.3. The molecular weight excluding hydrogens is 475 g/mol. The van der Waals surface area contributed by atoms with Gasteiger partial charge in [0.2, 0.25) is 0 Å². The van der Waals surface area contributed by atoms with Gasteiger partial charge in [0.25, 0.3) is 5.91 Å². The van der Waals surface area contributed by atoms with Crippen LogP contribution in [-0.2, 0) is 14.3 Å². The van der Waals surface area contributed by atoms with Crippen LogP contribution in [0.2, 0.25) is 10.0 Å². The maximum absolute atomic E-state index is 12.7. The van der Waals surface area contributed by atoms with Gasteiger partial charge in [-0.25, -0.2) is 4.79 Å². The average Bonchev–Trinajstić information content (AvgIpc) is 2.85. The molecule has 2 unspecified atom stereocenters. The molecule has 0 aliphatic heterocycles. The predicted molar refractivity (Wildman–Crippen MR) is 133 cm³/mol. The first-order valence-electron chi connectivity index (χ1n) is 10.5. The van der Waals surface area contributed by atoms with Gasteiger partial charge in [-0.15, -0.1) is 0 Å². The summed E-state index contributed by atoms with van der Waals surface area (Å²) in [6.45, 7) is 0. The summed E-state index contributed by atoms with van der Waals surface area (Å²) in [5.74, 6) is -1.13. The molecule has 1 amide bonds. The Morgan fingerprint density at radius 3 is 2.29 bits per heavy atom. The first kappa shape index (κ1) is 25.4. The smallest absolute Gasteiger partial charge is 0.328 e. The molecule has 176 valence electrons. The number of carbonyl (C=O) groups is 2. The number of methoxy groups -OCH3 is 2. The van der Waals surface area contributed by atoms with Gasteiger partial charge in [0.1, 0.15) is 12.1 Å². The molecule has 1 heterocycles. The van der Waals surface area contributed by atoms with Gasteiger partial charge in [-0.2, -0.15) is 0 Å². The lowest BCUT2D eigenvalue weighted by Crippen LogP contribution is -2.41. The van der Waals surface area contributed by atoms with Gasteiger partial charge >= 0.3 is 5.97 Å². The zero-order valence-electron chi connectivity index (χ0n) is 18.7. The van der Waals surface area contributed by atoms with E-state index in [4.69, 9.17) is 32.7 Å². The third-order valence-corrected chi connectivity index (χ3v) is 5.72. The van der Waals surface area contributed by atoms with E-state index >= 15 is 0 Å². The number of amides is 1. The van der Waals surface area contributed by atoms with Crippen LogP contribution in [-0.4, -0.2) is 37.1 Å². The predicted octanol–water partition coefficient (Wildman–Crippen LogP) is 5.50. The van der Waals surface area contributed by atoms with E-state index in [1.54, 1.807) is 37.6 Å². The number of hydrogen-bond donors (Lipinski definition) is 1. The molecule has 0 aliphatic carbocycles. The molecule has 2 atom stereocenters. The fourth-order valence-corrected chi connectivity index (χ4v) is 3.95. The standard InChI is InChI=1S/C26H24Cl2N2O4/c1-33-24(21-10-3-4-16-29-21)18-14-12-17(13-15-18)7-5-11-22(26(32)34-2)30-25(31)23-19(27)8-6-9-20(23)28/h3-10,12-16,22,24H,11H2,1-2H3,(H,30,31)/b7-5+. The van der Waals surface area contributed by atoms with E-state index in [-0.39, 0.29) is 28.1 Å². The highest BCUT2D eigenvalue weighted by molar-refractivity contribution is 6.39. The Hall–Kier alpha value is -3.19. The maximum Gasteiger partial charge on any atom is 0.328 e. The number of aromatic nitrogens is 1. The molecule has 0 saturated carbocycles. The second-order valence-electron chi connectivity index (χ2n) is 7.32. The summed E-state index contributed by atoms with van der Waals surface area (Å²) in [6.07, 6.45) is 5.33. The second-order valence-corrected chi connectivity index (χ2v) is 8.14. The Bertz CT molecular complexity index is 1130. The van der Waals surface area contributed by atoms with Crippen molar-refractivity contribution < 1.29 is 19.1 Å². The normalized spacial score (nSPS) is 12.8. The van der Waals surface area contributed by atoms with E-state index in [0.717, 1.165) is 16.8 Å². The van der Waals surface area contributed by atoms with E-state index in [0.29, 0.717) is 0 Å². The number of esters is 1. The molecule has 2 aromatic carbocycles. The van der Waals surface area contributed by atoms with E-state index < -0.39 is 17.9 Å². The van der Waals surface area contributed by atoms with Crippen LogP contribution >= 0.6 is 23.2 Å². The van der Waals surface area contributed by atoms with Crippen molar-refractivity contribution in [2.75, 3.05) is 14.2 Å². The lowest BCUT2D eigenvalue weighted by atomic mass is 10.0. The SMILES string of the molecule is COC(=O)C(C/C=C/c1ccc(C(OC)c2ccccn2)cc1)NC(=O)c1c(Cl)cccc1Cl. The lowest BCUT2D eigenvalue weighted by Gasteiger charge is -2.16. The average molecular weight is 499 g/mol. The number of carbonyl (C=O) groups excluding carboxylic acids is 2. The zero-order chi connectivity index (χ0) is 24.5. The van der Waals surface area contributed by atoms with Crippen molar-refractivity contribution in [1.82, 2.24) is 10.3 Å². The van der Waals surface area contributed by atoms with Crippen LogP contribution < -0.4 is 5.32 Å². The Labute approximate surface area is 208 Å². The van der Waals surface area contributed by atoms with Crippen LogP contribution in [0.4, 0.5) is 0 Å². The van der Waals surface area contributed by atoms with Crippen LogP contribution in [0.25, 0.3) is 6.08 Å². The summed E-state index contributed by atoms with van der Waals surface area (Å²) in [5, 5.41) is 3.04. The van der Waals surface area contributed by atoms with Gasteiger partial charge in [0.05, 0.1) is 28.4 Å². The summed E-state index contributed by atoms with van der Waals surface area (Å²) >= 11 is 12.2. The molecule has 8 heteroatoms. The molecule has 0 saturated heterocycles. The van der Waals surface area contributed by atoms with Gasteiger partial charge < -0.3 is 14.8 Å². The highest BCUT2D eigenvalue weighted by atomic mass is 35.5. The van der Waals surface area contributed by atoms with Crippen molar-refractivity contribution in [1.29, 1.82) is 0 Å². The molecule has 1 aromatic heterocycles. The fourth-order valence-electron chi connectivity index (χ4n) is 3.38. The van der Waals surface area contributed by atoms with Crippen LogP contribution in [0, 0.1) is 0 Å². The topological polar surface area (TPSA) is 77.5 Å². The first-order chi connectivity index (χ1) is 16.4. The van der Waals surface area contributed by atoms with Gasteiger partial charge in [-0.05, 0) is 41.8 Å². The highest BCUT2D eigenvalue weighted by Gasteiger charge is 2.23. The summed E-state index contributed by atoms with van der Waals surface area (Å²) in [6, 6.07) is 17.3. The third kappa shape index (κ3) is 6.44. The summed E-state index contributed by atoms with van der Waals surface area (Å²) in [4.78, 5) is 29.3. The summed E-state index contributed by atoms with van der Waals surface area (Å²) in [7, 11) is 2.91. The number of ether oxygens (including phenoxy) is 2.